The molecule has 1 unspecified atom stereocenters. The van der Waals surface area contributed by atoms with Gasteiger partial charge in [-0.2, -0.15) is 0 Å². The van der Waals surface area contributed by atoms with Gasteiger partial charge in [-0.15, -0.1) is 10.2 Å². The molecule has 0 aromatic carbocycles. The normalized spacial score (nSPS) is 11.9. The molecule has 1 amide bonds. The van der Waals surface area contributed by atoms with Crippen LogP contribution in [0.25, 0.3) is 0 Å². The van der Waals surface area contributed by atoms with Crippen LogP contribution < -0.4 is 16.6 Å². The lowest BCUT2D eigenvalue weighted by Crippen LogP contribution is -2.28. The maximum absolute atomic E-state index is 11.9. The third kappa shape index (κ3) is 3.05. The van der Waals surface area contributed by atoms with Crippen LogP contribution in [0.1, 0.15) is 35.1 Å². The minimum atomic E-state index is -0.362. The predicted octanol–water partition coefficient (Wildman–Crippen LogP) is 0.550. The highest BCUT2D eigenvalue weighted by Gasteiger charge is 2.16. The van der Waals surface area contributed by atoms with E-state index in [1.165, 1.54) is 6.07 Å². The fraction of sp³-hybridized carbons (Fsp3) is 0.273. The fourth-order valence-electron chi connectivity index (χ4n) is 1.44. The Morgan fingerprint density at radius 1 is 1.42 bits per heavy atom. The van der Waals surface area contributed by atoms with Crippen molar-refractivity contribution < 1.29 is 9.21 Å². The number of carbonyl (C=O) groups is 1. The molecule has 0 aliphatic rings. The Kier molecular flexibility index (Phi) is 3.71. The van der Waals surface area contributed by atoms with Crippen molar-refractivity contribution in [3.05, 3.63) is 35.7 Å². The van der Waals surface area contributed by atoms with Crippen molar-refractivity contribution in [2.24, 2.45) is 5.84 Å². The van der Waals surface area contributed by atoms with E-state index in [2.05, 4.69) is 25.9 Å². The molecule has 2 aromatic rings. The Morgan fingerprint density at radius 3 is 2.74 bits per heavy atom. The average Bonchev–Trinajstić information content (AvgIpc) is 2.85. The highest BCUT2D eigenvalue weighted by molar-refractivity contribution is 5.92. The zero-order valence-corrected chi connectivity index (χ0v) is 10.5. The number of hydrogen-bond donors (Lipinski definition) is 3. The topological polar surface area (TPSA) is 119 Å². The molecule has 100 valence electrons. The predicted molar refractivity (Wildman–Crippen MR) is 67.0 cm³/mol. The third-order valence-electron chi connectivity index (χ3n) is 2.40. The molecule has 1 atom stereocenters. The smallest absolute Gasteiger partial charge is 0.272 e. The zero-order chi connectivity index (χ0) is 13.8. The summed E-state index contributed by atoms with van der Waals surface area (Å²) in [7, 11) is 0. The van der Waals surface area contributed by atoms with Crippen molar-refractivity contribution in [1.82, 2.24) is 20.5 Å². The summed E-state index contributed by atoms with van der Waals surface area (Å²) in [5.74, 6) is 6.31. The summed E-state index contributed by atoms with van der Waals surface area (Å²) in [5.41, 5.74) is 2.52. The van der Waals surface area contributed by atoms with Crippen molar-refractivity contribution in [3.8, 4) is 0 Å². The number of aryl methyl sites for hydroxylation is 1. The number of hydrogen-bond acceptors (Lipinski definition) is 7. The number of aromatic nitrogens is 3. The van der Waals surface area contributed by atoms with Gasteiger partial charge in [-0.25, -0.2) is 10.8 Å². The number of oxazole rings is 1. The molecule has 0 aliphatic heterocycles. The summed E-state index contributed by atoms with van der Waals surface area (Å²) >= 11 is 0. The van der Waals surface area contributed by atoms with Gasteiger partial charge in [0.15, 0.2) is 11.5 Å². The van der Waals surface area contributed by atoms with Gasteiger partial charge >= 0.3 is 0 Å². The maximum atomic E-state index is 11.9. The summed E-state index contributed by atoms with van der Waals surface area (Å²) in [4.78, 5) is 15.9. The van der Waals surface area contributed by atoms with E-state index in [-0.39, 0.29) is 17.6 Å². The number of nitrogens with one attached hydrogen (secondary N) is 2. The van der Waals surface area contributed by atoms with Crippen LogP contribution in [-0.4, -0.2) is 21.1 Å². The largest absolute Gasteiger partial charge is 0.444 e. The average molecular weight is 262 g/mol. The molecule has 2 aromatic heterocycles. The summed E-state index contributed by atoms with van der Waals surface area (Å²) in [5, 5.41) is 10.2. The highest BCUT2D eigenvalue weighted by atomic mass is 16.4. The Balaban J connectivity index is 2.03. The van der Waals surface area contributed by atoms with Crippen LogP contribution in [0, 0.1) is 6.92 Å². The van der Waals surface area contributed by atoms with Crippen molar-refractivity contribution in [3.63, 3.8) is 0 Å². The number of rotatable bonds is 4. The summed E-state index contributed by atoms with van der Waals surface area (Å²) in [6.07, 6.45) is 1.60. The molecule has 0 saturated heterocycles. The zero-order valence-electron chi connectivity index (χ0n) is 10.5. The first kappa shape index (κ1) is 13.0. The lowest BCUT2D eigenvalue weighted by atomic mass is 10.3. The molecule has 2 heterocycles. The second-order valence-electron chi connectivity index (χ2n) is 3.95. The summed E-state index contributed by atoms with van der Waals surface area (Å²) in [6.45, 7) is 3.56. The van der Waals surface area contributed by atoms with Crippen LogP contribution in [0.5, 0.6) is 0 Å². The van der Waals surface area contributed by atoms with Gasteiger partial charge in [0.2, 0.25) is 5.89 Å². The number of carbonyl (C=O) groups excluding carboxylic acids is 1. The van der Waals surface area contributed by atoms with E-state index >= 15 is 0 Å². The van der Waals surface area contributed by atoms with Gasteiger partial charge in [-0.05, 0) is 26.0 Å². The molecule has 0 saturated carbocycles. The van der Waals surface area contributed by atoms with Crippen molar-refractivity contribution in [2.45, 2.75) is 19.9 Å². The maximum Gasteiger partial charge on any atom is 0.272 e. The van der Waals surface area contributed by atoms with Crippen molar-refractivity contribution in [2.75, 3.05) is 5.43 Å². The van der Waals surface area contributed by atoms with Gasteiger partial charge in [0.25, 0.3) is 5.91 Å². The van der Waals surface area contributed by atoms with Gasteiger partial charge in [0, 0.05) is 0 Å². The summed E-state index contributed by atoms with van der Waals surface area (Å²) in [6, 6.07) is 2.72. The molecular weight excluding hydrogens is 248 g/mol. The molecule has 2 rings (SSSR count). The quantitative estimate of drug-likeness (QED) is 0.543. The van der Waals surface area contributed by atoms with E-state index in [4.69, 9.17) is 10.3 Å². The van der Waals surface area contributed by atoms with Crippen molar-refractivity contribution in [1.29, 1.82) is 0 Å². The van der Waals surface area contributed by atoms with Crippen LogP contribution in [0.15, 0.2) is 22.7 Å². The standard InChI is InChI=1S/C11H14N6O2/c1-6-5-13-11(19-6)7(2)14-10(18)8-3-4-9(15-12)17-16-8/h3-5,7H,12H2,1-2H3,(H,14,18)(H,15,17). The van der Waals surface area contributed by atoms with Crippen molar-refractivity contribution >= 4 is 11.7 Å². The minimum absolute atomic E-state index is 0.189. The Labute approximate surface area is 109 Å². The van der Waals surface area contributed by atoms with Gasteiger partial charge in [0.1, 0.15) is 11.8 Å². The molecule has 0 spiro atoms. The summed E-state index contributed by atoms with van der Waals surface area (Å²) < 4.78 is 5.33. The van der Waals surface area contributed by atoms with Crippen LogP contribution in [0.4, 0.5) is 5.82 Å². The van der Waals surface area contributed by atoms with E-state index < -0.39 is 0 Å². The molecule has 0 aliphatic carbocycles. The monoisotopic (exact) mass is 262 g/mol. The van der Waals surface area contributed by atoms with E-state index in [1.807, 2.05) is 0 Å². The highest BCUT2D eigenvalue weighted by Crippen LogP contribution is 2.12. The number of hydrazine groups is 1. The number of nitrogens with zero attached hydrogens (tertiary/aromatic N) is 3. The molecule has 4 N–H and O–H groups in total. The van der Waals surface area contributed by atoms with Crippen LogP contribution in [0.3, 0.4) is 0 Å². The lowest BCUT2D eigenvalue weighted by Gasteiger charge is -2.09. The number of nitrogens with two attached hydrogens (primary N) is 1. The van der Waals surface area contributed by atoms with E-state index in [9.17, 15) is 4.79 Å². The second-order valence-corrected chi connectivity index (χ2v) is 3.95. The van der Waals surface area contributed by atoms with Gasteiger partial charge in [-0.3, -0.25) is 4.79 Å². The molecule has 0 bridgehead atoms. The van der Waals surface area contributed by atoms with Crippen LogP contribution in [0.2, 0.25) is 0 Å². The molecule has 19 heavy (non-hydrogen) atoms. The van der Waals surface area contributed by atoms with E-state index in [0.29, 0.717) is 17.5 Å². The Bertz CT molecular complexity index is 565. The number of anilines is 1. The first-order valence-corrected chi connectivity index (χ1v) is 5.63. The van der Waals surface area contributed by atoms with E-state index in [1.54, 1.807) is 26.1 Å². The molecular formula is C11H14N6O2. The Morgan fingerprint density at radius 2 is 2.21 bits per heavy atom. The fourth-order valence-corrected chi connectivity index (χ4v) is 1.44. The SMILES string of the molecule is Cc1cnc(C(C)NC(=O)c2ccc(NN)nn2)o1. The third-order valence-corrected chi connectivity index (χ3v) is 2.40. The first-order chi connectivity index (χ1) is 9.10. The number of amides is 1. The van der Waals surface area contributed by atoms with E-state index in [0.717, 1.165) is 0 Å². The minimum Gasteiger partial charge on any atom is -0.444 e. The molecule has 0 fully saturated rings. The molecule has 8 nitrogen and oxygen atoms in total. The lowest BCUT2D eigenvalue weighted by molar-refractivity contribution is 0.0928. The van der Waals surface area contributed by atoms with Gasteiger partial charge < -0.3 is 15.2 Å². The molecule has 8 heteroatoms. The van der Waals surface area contributed by atoms with Gasteiger partial charge in [0.05, 0.1) is 6.20 Å². The Hall–Kier alpha value is -2.48. The van der Waals surface area contributed by atoms with Gasteiger partial charge in [-0.1, -0.05) is 0 Å². The molecule has 0 radical (unpaired) electrons. The second kappa shape index (κ2) is 5.44. The van der Waals surface area contributed by atoms with Crippen LogP contribution in [-0.2, 0) is 0 Å². The van der Waals surface area contributed by atoms with Crippen LogP contribution >= 0.6 is 0 Å². The number of nitrogen functional groups attached to an aromatic ring is 1. The first-order valence-electron chi connectivity index (χ1n) is 5.63.